The molecule has 1 aliphatic carbocycles. The summed E-state index contributed by atoms with van der Waals surface area (Å²) in [6.45, 7) is 0. The highest BCUT2D eigenvalue weighted by Gasteiger charge is 2.23. The Bertz CT molecular complexity index is 293. The number of allylic oxidation sites excluding steroid dienone is 2. The maximum atomic E-state index is 11.0. The average molecular weight is 182 g/mol. The van der Waals surface area contributed by atoms with Gasteiger partial charge in [0.1, 0.15) is 0 Å². The molecule has 12 heavy (non-hydrogen) atoms. The maximum absolute atomic E-state index is 11.0. The summed E-state index contributed by atoms with van der Waals surface area (Å²) < 4.78 is 0. The van der Waals surface area contributed by atoms with Crippen molar-refractivity contribution in [3.05, 3.63) is 22.3 Å². The molecule has 0 atom stereocenters. The van der Waals surface area contributed by atoms with Crippen LogP contribution in [0.4, 0.5) is 0 Å². The lowest BCUT2D eigenvalue weighted by atomic mass is 10.0. The van der Waals surface area contributed by atoms with Crippen LogP contribution >= 0.6 is 11.8 Å². The summed E-state index contributed by atoms with van der Waals surface area (Å²) in [6, 6.07) is 0. The molecule has 1 heterocycles. The minimum absolute atomic E-state index is 0.307. The van der Waals surface area contributed by atoms with Gasteiger partial charge in [-0.1, -0.05) is 6.08 Å². The van der Waals surface area contributed by atoms with Gasteiger partial charge < -0.3 is 11.1 Å². The molecule has 0 aromatic heterocycles. The number of primary amides is 1. The Balaban J connectivity index is 2.34. The lowest BCUT2D eigenvalue weighted by molar-refractivity contribution is -0.114. The third kappa shape index (κ3) is 1.12. The van der Waals surface area contributed by atoms with Gasteiger partial charge in [-0.05, 0) is 12.8 Å². The Morgan fingerprint density at radius 1 is 1.67 bits per heavy atom. The van der Waals surface area contributed by atoms with Crippen molar-refractivity contribution < 1.29 is 4.79 Å². The van der Waals surface area contributed by atoms with E-state index < -0.39 is 0 Å². The number of carbonyl (C=O) groups excluding carboxylic acids is 1. The molecule has 0 radical (unpaired) electrons. The Morgan fingerprint density at radius 3 is 3.25 bits per heavy atom. The van der Waals surface area contributed by atoms with Crippen LogP contribution in [0.1, 0.15) is 12.8 Å². The van der Waals surface area contributed by atoms with Crippen molar-refractivity contribution in [1.82, 2.24) is 5.32 Å². The van der Waals surface area contributed by atoms with Crippen molar-refractivity contribution in [3.63, 3.8) is 0 Å². The predicted molar refractivity (Wildman–Crippen MR) is 49.1 cm³/mol. The summed E-state index contributed by atoms with van der Waals surface area (Å²) in [7, 11) is 0. The van der Waals surface area contributed by atoms with Crippen molar-refractivity contribution >= 4 is 17.7 Å². The number of hydrogen-bond donors (Lipinski definition) is 2. The molecule has 0 aromatic carbocycles. The van der Waals surface area contributed by atoms with E-state index in [1.807, 2.05) is 6.08 Å². The predicted octanol–water partition coefficient (Wildman–Crippen LogP) is 0.697. The smallest absolute Gasteiger partial charge is 0.249 e. The minimum atomic E-state index is -0.307. The van der Waals surface area contributed by atoms with Gasteiger partial charge in [0, 0.05) is 10.6 Å². The van der Waals surface area contributed by atoms with Gasteiger partial charge in [-0.25, -0.2) is 0 Å². The van der Waals surface area contributed by atoms with E-state index in [1.54, 1.807) is 11.8 Å². The Morgan fingerprint density at radius 2 is 2.50 bits per heavy atom. The van der Waals surface area contributed by atoms with Gasteiger partial charge in [-0.2, -0.15) is 0 Å². The molecule has 64 valence electrons. The number of nitrogens with two attached hydrogens (primary N) is 1. The molecule has 0 aromatic rings. The zero-order valence-corrected chi connectivity index (χ0v) is 7.41. The molecule has 0 bridgehead atoms. The lowest BCUT2D eigenvalue weighted by Crippen LogP contribution is -2.17. The minimum Gasteiger partial charge on any atom is -0.378 e. The van der Waals surface area contributed by atoms with Crippen molar-refractivity contribution in [2.45, 2.75) is 12.8 Å². The summed E-state index contributed by atoms with van der Waals surface area (Å²) in [5.41, 5.74) is 7.13. The van der Waals surface area contributed by atoms with E-state index in [0.29, 0.717) is 5.57 Å². The topological polar surface area (TPSA) is 55.1 Å². The number of nitrogens with one attached hydrogen (secondary N) is 1. The molecule has 4 heteroatoms. The zero-order chi connectivity index (χ0) is 8.55. The fourth-order valence-corrected chi connectivity index (χ4v) is 2.55. The van der Waals surface area contributed by atoms with Gasteiger partial charge in [0.05, 0.1) is 11.4 Å². The molecule has 0 unspecified atom stereocenters. The fraction of sp³-hybridized carbons (Fsp3) is 0.375. The van der Waals surface area contributed by atoms with Crippen molar-refractivity contribution in [1.29, 1.82) is 0 Å². The SMILES string of the molecule is NC(=O)C1=CCCC2=C1SCN2. The normalized spacial score (nSPS) is 21.5. The molecule has 3 nitrogen and oxygen atoms in total. The highest BCUT2D eigenvalue weighted by atomic mass is 32.2. The second-order valence-electron chi connectivity index (χ2n) is 2.79. The Labute approximate surface area is 75.1 Å². The van der Waals surface area contributed by atoms with E-state index in [9.17, 15) is 4.79 Å². The third-order valence-electron chi connectivity index (χ3n) is 2.03. The summed E-state index contributed by atoms with van der Waals surface area (Å²) in [5.74, 6) is 0.563. The number of rotatable bonds is 1. The first-order valence-corrected chi connectivity index (χ1v) is 4.88. The number of amides is 1. The van der Waals surface area contributed by atoms with Crippen LogP contribution in [0.15, 0.2) is 22.3 Å². The molecule has 2 aliphatic rings. The highest BCUT2D eigenvalue weighted by Crippen LogP contribution is 2.36. The van der Waals surface area contributed by atoms with Gasteiger partial charge in [0.2, 0.25) is 5.91 Å². The van der Waals surface area contributed by atoms with Crippen LogP contribution in [0.25, 0.3) is 0 Å². The summed E-state index contributed by atoms with van der Waals surface area (Å²) in [6.07, 6.45) is 3.87. The van der Waals surface area contributed by atoms with Crippen LogP contribution < -0.4 is 11.1 Å². The van der Waals surface area contributed by atoms with Crippen LogP contribution in [0.2, 0.25) is 0 Å². The monoisotopic (exact) mass is 182 g/mol. The molecule has 0 fully saturated rings. The molecule has 0 saturated heterocycles. The highest BCUT2D eigenvalue weighted by molar-refractivity contribution is 8.03. The van der Waals surface area contributed by atoms with Gasteiger partial charge in [0.15, 0.2) is 0 Å². The van der Waals surface area contributed by atoms with Gasteiger partial charge in [0.25, 0.3) is 0 Å². The van der Waals surface area contributed by atoms with Crippen LogP contribution in [0, 0.1) is 0 Å². The van der Waals surface area contributed by atoms with Crippen molar-refractivity contribution in [3.8, 4) is 0 Å². The molecule has 1 aliphatic heterocycles. The average Bonchev–Trinajstić information content (AvgIpc) is 2.49. The Kier molecular flexibility index (Phi) is 1.84. The van der Waals surface area contributed by atoms with E-state index in [1.165, 1.54) is 5.70 Å². The first-order chi connectivity index (χ1) is 5.79. The van der Waals surface area contributed by atoms with Crippen LogP contribution in [0.3, 0.4) is 0 Å². The summed E-state index contributed by atoms with van der Waals surface area (Å²) in [4.78, 5) is 12.0. The zero-order valence-electron chi connectivity index (χ0n) is 6.59. The molecule has 0 saturated carbocycles. The van der Waals surface area contributed by atoms with Gasteiger partial charge >= 0.3 is 0 Å². The van der Waals surface area contributed by atoms with Crippen molar-refractivity contribution in [2.24, 2.45) is 5.73 Å². The van der Waals surface area contributed by atoms with E-state index in [0.717, 1.165) is 23.6 Å². The quantitative estimate of drug-likeness (QED) is 0.627. The Hall–Kier alpha value is -0.900. The van der Waals surface area contributed by atoms with Crippen LogP contribution in [-0.4, -0.2) is 11.8 Å². The number of carbonyl (C=O) groups is 1. The molecular weight excluding hydrogens is 172 g/mol. The second kappa shape index (κ2) is 2.86. The molecular formula is C8H10N2OS. The van der Waals surface area contributed by atoms with E-state index in [4.69, 9.17) is 5.73 Å². The van der Waals surface area contributed by atoms with Crippen LogP contribution in [0.5, 0.6) is 0 Å². The number of thioether (sulfide) groups is 1. The first kappa shape index (κ1) is 7.73. The lowest BCUT2D eigenvalue weighted by Gasteiger charge is -2.11. The van der Waals surface area contributed by atoms with Crippen LogP contribution in [-0.2, 0) is 4.79 Å². The maximum Gasteiger partial charge on any atom is 0.249 e. The second-order valence-corrected chi connectivity index (χ2v) is 3.78. The molecule has 0 spiro atoms. The summed E-state index contributed by atoms with van der Waals surface area (Å²) >= 11 is 1.66. The largest absolute Gasteiger partial charge is 0.378 e. The van der Waals surface area contributed by atoms with E-state index in [2.05, 4.69) is 5.32 Å². The first-order valence-electron chi connectivity index (χ1n) is 3.89. The van der Waals surface area contributed by atoms with Gasteiger partial charge in [-0.15, -0.1) is 11.8 Å². The third-order valence-corrected chi connectivity index (χ3v) is 3.07. The standard InChI is InChI=1S/C8H10N2OS/c9-8(11)5-2-1-3-6-7(5)12-4-10-6/h2,10H,1,3-4H2,(H2,9,11). The fourth-order valence-electron chi connectivity index (χ4n) is 1.47. The molecule has 3 N–H and O–H groups in total. The molecule has 1 amide bonds. The van der Waals surface area contributed by atoms with E-state index in [-0.39, 0.29) is 5.91 Å². The number of hydrogen-bond acceptors (Lipinski definition) is 3. The van der Waals surface area contributed by atoms with Gasteiger partial charge in [-0.3, -0.25) is 4.79 Å². The van der Waals surface area contributed by atoms with Crippen molar-refractivity contribution in [2.75, 3.05) is 5.88 Å². The van der Waals surface area contributed by atoms with E-state index >= 15 is 0 Å². The summed E-state index contributed by atoms with van der Waals surface area (Å²) in [5, 5.41) is 3.24. The molecule has 2 rings (SSSR count).